The van der Waals surface area contributed by atoms with Gasteiger partial charge in [0.15, 0.2) is 0 Å². The summed E-state index contributed by atoms with van der Waals surface area (Å²) in [5, 5.41) is 9.82. The number of hydrogen-bond acceptors (Lipinski definition) is 5. The van der Waals surface area contributed by atoms with Crippen LogP contribution in [0.3, 0.4) is 0 Å². The van der Waals surface area contributed by atoms with E-state index in [0.717, 1.165) is 42.9 Å². The molecule has 0 radical (unpaired) electrons. The standard InChI is InChI=1S/C24H24ClN3O3/c25-18-9-7-17(8-10-18)23(21-5-1-2-13-26-21)31-20-11-14-28(15-12-20)16-19-4-3-6-22(27-19)24(29)30/h1-10,13,20,23H,11-12,14-16H2,(H,29,30). The predicted octanol–water partition coefficient (Wildman–Crippen LogP) is 4.60. The van der Waals surface area contributed by atoms with Crippen LogP contribution in [0.4, 0.5) is 0 Å². The van der Waals surface area contributed by atoms with Gasteiger partial charge in [0.05, 0.1) is 17.5 Å². The summed E-state index contributed by atoms with van der Waals surface area (Å²) < 4.78 is 6.53. The number of ether oxygens (including phenoxy) is 1. The third-order valence-electron chi connectivity index (χ3n) is 5.40. The van der Waals surface area contributed by atoms with E-state index < -0.39 is 5.97 Å². The molecule has 0 spiro atoms. The van der Waals surface area contributed by atoms with Gasteiger partial charge in [-0.25, -0.2) is 9.78 Å². The number of carboxylic acid groups (broad SMARTS) is 1. The number of benzene rings is 1. The van der Waals surface area contributed by atoms with Gasteiger partial charge in [0.2, 0.25) is 0 Å². The first kappa shape index (κ1) is 21.4. The molecule has 4 rings (SSSR count). The van der Waals surface area contributed by atoms with Crippen LogP contribution in [-0.2, 0) is 11.3 Å². The summed E-state index contributed by atoms with van der Waals surface area (Å²) in [6.45, 7) is 2.35. The molecule has 3 heterocycles. The van der Waals surface area contributed by atoms with E-state index in [1.165, 1.54) is 6.07 Å². The fraction of sp³-hybridized carbons (Fsp3) is 0.292. The first-order valence-electron chi connectivity index (χ1n) is 10.3. The van der Waals surface area contributed by atoms with Gasteiger partial charge >= 0.3 is 5.97 Å². The molecular weight excluding hydrogens is 414 g/mol. The lowest BCUT2D eigenvalue weighted by Gasteiger charge is -2.33. The highest BCUT2D eigenvalue weighted by molar-refractivity contribution is 6.30. The smallest absolute Gasteiger partial charge is 0.354 e. The lowest BCUT2D eigenvalue weighted by atomic mass is 10.0. The van der Waals surface area contributed by atoms with E-state index in [0.29, 0.717) is 11.6 Å². The van der Waals surface area contributed by atoms with E-state index in [1.54, 1.807) is 12.3 Å². The maximum atomic E-state index is 11.1. The zero-order chi connectivity index (χ0) is 21.6. The summed E-state index contributed by atoms with van der Waals surface area (Å²) in [6.07, 6.45) is 3.41. The number of piperidine rings is 1. The third kappa shape index (κ3) is 5.67. The fourth-order valence-corrected chi connectivity index (χ4v) is 3.93. The number of carbonyl (C=O) groups is 1. The minimum Gasteiger partial charge on any atom is -0.477 e. The first-order valence-corrected chi connectivity index (χ1v) is 10.7. The van der Waals surface area contributed by atoms with Crippen molar-refractivity contribution in [2.75, 3.05) is 13.1 Å². The molecule has 160 valence electrons. The molecule has 1 saturated heterocycles. The van der Waals surface area contributed by atoms with Crippen molar-refractivity contribution in [3.05, 3.63) is 94.5 Å². The average Bonchev–Trinajstić information content (AvgIpc) is 2.80. The highest BCUT2D eigenvalue weighted by Gasteiger charge is 2.25. The van der Waals surface area contributed by atoms with Crippen LogP contribution in [0.5, 0.6) is 0 Å². The van der Waals surface area contributed by atoms with Crippen LogP contribution in [0, 0.1) is 0 Å². The topological polar surface area (TPSA) is 75.5 Å². The van der Waals surface area contributed by atoms with Crippen molar-refractivity contribution in [2.45, 2.75) is 31.6 Å². The summed E-state index contributed by atoms with van der Waals surface area (Å²) in [5.41, 5.74) is 2.76. The molecule has 0 saturated carbocycles. The number of likely N-dealkylation sites (tertiary alicyclic amines) is 1. The molecule has 1 aliphatic rings. The van der Waals surface area contributed by atoms with Crippen LogP contribution in [0.1, 0.15) is 46.4 Å². The molecule has 7 heteroatoms. The Hall–Kier alpha value is -2.80. The number of rotatable bonds is 7. The normalized spacial score (nSPS) is 16.2. The van der Waals surface area contributed by atoms with E-state index in [-0.39, 0.29) is 17.9 Å². The number of aromatic carboxylic acids is 1. The Morgan fingerprint density at radius 2 is 1.87 bits per heavy atom. The molecule has 0 aliphatic carbocycles. The van der Waals surface area contributed by atoms with E-state index in [4.69, 9.17) is 21.4 Å². The van der Waals surface area contributed by atoms with Crippen LogP contribution in [-0.4, -0.2) is 45.1 Å². The van der Waals surface area contributed by atoms with Crippen LogP contribution in [0.2, 0.25) is 5.02 Å². The molecule has 1 fully saturated rings. The Kier molecular flexibility index (Phi) is 6.92. The van der Waals surface area contributed by atoms with Gasteiger partial charge in [-0.2, -0.15) is 0 Å². The van der Waals surface area contributed by atoms with E-state index in [9.17, 15) is 4.79 Å². The van der Waals surface area contributed by atoms with Gasteiger partial charge in [0, 0.05) is 30.9 Å². The Morgan fingerprint density at radius 1 is 1.10 bits per heavy atom. The Bertz CT molecular complexity index is 1010. The summed E-state index contributed by atoms with van der Waals surface area (Å²) in [4.78, 5) is 22.2. The summed E-state index contributed by atoms with van der Waals surface area (Å²) in [6, 6.07) is 18.7. The monoisotopic (exact) mass is 437 g/mol. The van der Waals surface area contributed by atoms with Crippen molar-refractivity contribution >= 4 is 17.6 Å². The van der Waals surface area contributed by atoms with Gasteiger partial charge < -0.3 is 9.84 Å². The van der Waals surface area contributed by atoms with Gasteiger partial charge in [-0.05, 0) is 54.8 Å². The number of aromatic nitrogens is 2. The number of nitrogens with zero attached hydrogens (tertiary/aromatic N) is 3. The molecule has 0 bridgehead atoms. The number of hydrogen-bond donors (Lipinski definition) is 1. The number of pyridine rings is 2. The highest BCUT2D eigenvalue weighted by Crippen LogP contribution is 2.30. The molecule has 0 amide bonds. The minimum atomic E-state index is -1.00. The zero-order valence-electron chi connectivity index (χ0n) is 17.0. The zero-order valence-corrected chi connectivity index (χ0v) is 17.8. The molecular formula is C24H24ClN3O3. The van der Waals surface area contributed by atoms with Crippen molar-refractivity contribution in [1.29, 1.82) is 0 Å². The fourth-order valence-electron chi connectivity index (χ4n) is 3.80. The molecule has 31 heavy (non-hydrogen) atoms. The van der Waals surface area contributed by atoms with Gasteiger partial charge in [-0.15, -0.1) is 0 Å². The van der Waals surface area contributed by atoms with Crippen LogP contribution in [0.15, 0.2) is 66.9 Å². The van der Waals surface area contributed by atoms with Gasteiger partial charge in [0.1, 0.15) is 11.8 Å². The molecule has 1 aliphatic heterocycles. The highest BCUT2D eigenvalue weighted by atomic mass is 35.5. The Balaban J connectivity index is 1.39. The Morgan fingerprint density at radius 3 is 2.55 bits per heavy atom. The first-order chi connectivity index (χ1) is 15.1. The lowest BCUT2D eigenvalue weighted by molar-refractivity contribution is -0.0298. The van der Waals surface area contributed by atoms with Gasteiger partial charge in [-0.1, -0.05) is 35.9 Å². The van der Waals surface area contributed by atoms with E-state index in [2.05, 4.69) is 14.9 Å². The SMILES string of the molecule is O=C(O)c1cccc(CN2CCC(OC(c3ccc(Cl)cc3)c3ccccn3)CC2)n1. The van der Waals surface area contributed by atoms with Crippen molar-refractivity contribution in [1.82, 2.24) is 14.9 Å². The second-order valence-electron chi connectivity index (χ2n) is 7.62. The van der Waals surface area contributed by atoms with E-state index >= 15 is 0 Å². The molecule has 1 N–H and O–H groups in total. The third-order valence-corrected chi connectivity index (χ3v) is 5.66. The van der Waals surface area contributed by atoms with Crippen LogP contribution >= 0.6 is 11.6 Å². The second-order valence-corrected chi connectivity index (χ2v) is 8.05. The molecule has 1 atom stereocenters. The largest absolute Gasteiger partial charge is 0.477 e. The quantitative estimate of drug-likeness (QED) is 0.582. The minimum absolute atomic E-state index is 0.0805. The number of halogens is 1. The average molecular weight is 438 g/mol. The molecule has 2 aromatic heterocycles. The van der Waals surface area contributed by atoms with Crippen molar-refractivity contribution in [3.63, 3.8) is 0 Å². The Labute approximate surface area is 186 Å². The maximum absolute atomic E-state index is 11.1. The molecule has 1 unspecified atom stereocenters. The lowest BCUT2D eigenvalue weighted by Crippen LogP contribution is -2.37. The molecule has 6 nitrogen and oxygen atoms in total. The molecule has 1 aromatic carbocycles. The van der Waals surface area contributed by atoms with Crippen LogP contribution in [0.25, 0.3) is 0 Å². The van der Waals surface area contributed by atoms with Crippen LogP contribution < -0.4 is 0 Å². The summed E-state index contributed by atoms with van der Waals surface area (Å²) in [5.74, 6) is -1.00. The van der Waals surface area contributed by atoms with Crippen molar-refractivity contribution in [2.24, 2.45) is 0 Å². The van der Waals surface area contributed by atoms with Crippen molar-refractivity contribution in [3.8, 4) is 0 Å². The number of carboxylic acids is 1. The summed E-state index contributed by atoms with van der Waals surface area (Å²) in [7, 11) is 0. The van der Waals surface area contributed by atoms with Crippen molar-refractivity contribution < 1.29 is 14.6 Å². The van der Waals surface area contributed by atoms with Gasteiger partial charge in [0.25, 0.3) is 0 Å². The van der Waals surface area contributed by atoms with E-state index in [1.807, 2.05) is 48.5 Å². The predicted molar refractivity (Wildman–Crippen MR) is 118 cm³/mol. The second kappa shape index (κ2) is 10.0. The summed E-state index contributed by atoms with van der Waals surface area (Å²) >= 11 is 6.06. The molecule has 3 aromatic rings. The maximum Gasteiger partial charge on any atom is 0.354 e. The van der Waals surface area contributed by atoms with Gasteiger partial charge in [-0.3, -0.25) is 9.88 Å².